The minimum Gasteiger partial charge on any atom is -0.463 e. The highest BCUT2D eigenvalue weighted by Gasteiger charge is 2.27. The van der Waals surface area contributed by atoms with Crippen molar-refractivity contribution in [1.82, 2.24) is 0 Å². The summed E-state index contributed by atoms with van der Waals surface area (Å²) in [4.78, 5) is 0. The largest absolute Gasteiger partial charge is 0.463 e. The molecule has 1 aromatic rings. The molecule has 1 saturated heterocycles. The molecule has 0 radical (unpaired) electrons. The van der Waals surface area contributed by atoms with Crippen molar-refractivity contribution in [2.75, 3.05) is 6.61 Å². The first kappa shape index (κ1) is 5.98. The molecule has 2 heteroatoms. The Morgan fingerprint density at radius 3 is 2.90 bits per heavy atom. The van der Waals surface area contributed by atoms with E-state index < -0.39 is 0 Å². The van der Waals surface area contributed by atoms with Crippen LogP contribution in [0.4, 0.5) is 0 Å². The lowest BCUT2D eigenvalue weighted by atomic mass is 10.3. The number of hydrogen-bond acceptors (Lipinski definition) is 2. The molecule has 0 amide bonds. The van der Waals surface area contributed by atoms with Crippen molar-refractivity contribution < 1.29 is 9.15 Å². The summed E-state index contributed by atoms with van der Waals surface area (Å²) in [6.45, 7) is 2.91. The monoisotopic (exact) mass is 138 g/mol. The summed E-state index contributed by atoms with van der Waals surface area (Å²) in [5, 5.41) is 0. The fourth-order valence-electron chi connectivity index (χ4n) is 0.970. The molecule has 0 spiro atoms. The van der Waals surface area contributed by atoms with Gasteiger partial charge >= 0.3 is 0 Å². The Bertz CT molecular complexity index is 223. The number of ether oxygens (including phenoxy) is 1. The lowest BCUT2D eigenvalue weighted by Gasteiger charge is -1.86. The zero-order valence-electron chi connectivity index (χ0n) is 5.96. The van der Waals surface area contributed by atoms with E-state index in [2.05, 4.69) is 6.92 Å². The Balaban J connectivity index is 2.19. The van der Waals surface area contributed by atoms with Gasteiger partial charge in [0.25, 0.3) is 0 Å². The van der Waals surface area contributed by atoms with Crippen molar-refractivity contribution in [3.05, 3.63) is 23.7 Å². The molecule has 10 heavy (non-hydrogen) atoms. The van der Waals surface area contributed by atoms with Gasteiger partial charge in [0.15, 0.2) is 0 Å². The topological polar surface area (TPSA) is 25.7 Å². The highest BCUT2D eigenvalue weighted by atomic mass is 16.6. The zero-order chi connectivity index (χ0) is 6.97. The summed E-state index contributed by atoms with van der Waals surface area (Å²) in [5.74, 6) is 2.03. The maximum Gasteiger partial charge on any atom is 0.138 e. The van der Waals surface area contributed by atoms with Crippen LogP contribution in [0.1, 0.15) is 24.5 Å². The molecule has 1 aromatic heterocycles. The van der Waals surface area contributed by atoms with Crippen LogP contribution < -0.4 is 0 Å². The van der Waals surface area contributed by atoms with Crippen LogP contribution in [0.5, 0.6) is 0 Å². The molecule has 1 unspecified atom stereocenters. The second-order valence-electron chi connectivity index (χ2n) is 2.48. The van der Waals surface area contributed by atoms with E-state index in [1.807, 2.05) is 12.1 Å². The normalized spacial score (nSPS) is 23.1. The maximum absolute atomic E-state index is 5.43. The van der Waals surface area contributed by atoms with E-state index in [1.165, 1.54) is 0 Å². The van der Waals surface area contributed by atoms with Gasteiger partial charge in [-0.2, -0.15) is 0 Å². The first-order valence-corrected chi connectivity index (χ1v) is 3.60. The molecule has 0 bridgehead atoms. The number of furan rings is 1. The van der Waals surface area contributed by atoms with Crippen molar-refractivity contribution in [2.45, 2.75) is 19.4 Å². The van der Waals surface area contributed by atoms with Crippen LogP contribution in [0.15, 0.2) is 16.5 Å². The summed E-state index contributed by atoms with van der Waals surface area (Å²) >= 11 is 0. The SMILES string of the molecule is CCc1ccc(C2CO2)o1. The lowest BCUT2D eigenvalue weighted by Crippen LogP contribution is -1.73. The number of rotatable bonds is 2. The summed E-state index contributed by atoms with van der Waals surface area (Å²) < 4.78 is 10.5. The first-order chi connectivity index (χ1) is 4.90. The summed E-state index contributed by atoms with van der Waals surface area (Å²) in [6.07, 6.45) is 1.23. The van der Waals surface area contributed by atoms with Crippen molar-refractivity contribution >= 4 is 0 Å². The van der Waals surface area contributed by atoms with Crippen LogP contribution in [-0.2, 0) is 11.2 Å². The average Bonchev–Trinajstić information content (AvgIpc) is 2.70. The third kappa shape index (κ3) is 0.948. The van der Waals surface area contributed by atoms with E-state index in [4.69, 9.17) is 9.15 Å². The van der Waals surface area contributed by atoms with Gasteiger partial charge in [0, 0.05) is 6.42 Å². The second-order valence-corrected chi connectivity index (χ2v) is 2.48. The Morgan fingerprint density at radius 1 is 1.60 bits per heavy atom. The predicted octanol–water partition coefficient (Wildman–Crippen LogP) is 1.91. The predicted molar refractivity (Wildman–Crippen MR) is 36.8 cm³/mol. The summed E-state index contributed by atoms with van der Waals surface area (Å²) in [5.41, 5.74) is 0. The highest BCUT2D eigenvalue weighted by Crippen LogP contribution is 2.30. The number of epoxide rings is 1. The van der Waals surface area contributed by atoms with Gasteiger partial charge in [0.1, 0.15) is 17.6 Å². The van der Waals surface area contributed by atoms with E-state index in [9.17, 15) is 0 Å². The summed E-state index contributed by atoms with van der Waals surface area (Å²) in [6, 6.07) is 4.01. The van der Waals surface area contributed by atoms with E-state index in [0.29, 0.717) is 0 Å². The molecule has 1 fully saturated rings. The third-order valence-electron chi connectivity index (χ3n) is 1.68. The fraction of sp³-hybridized carbons (Fsp3) is 0.500. The lowest BCUT2D eigenvalue weighted by molar-refractivity contribution is 0.362. The minimum atomic E-state index is 0.264. The van der Waals surface area contributed by atoms with Crippen LogP contribution in [0.2, 0.25) is 0 Å². The van der Waals surface area contributed by atoms with Gasteiger partial charge in [0.2, 0.25) is 0 Å². The van der Waals surface area contributed by atoms with Gasteiger partial charge in [-0.05, 0) is 12.1 Å². The molecule has 0 aromatic carbocycles. The molecule has 2 nitrogen and oxygen atoms in total. The number of aryl methyl sites for hydroxylation is 1. The van der Waals surface area contributed by atoms with Gasteiger partial charge in [-0.15, -0.1) is 0 Å². The molecular weight excluding hydrogens is 128 g/mol. The molecule has 1 atom stereocenters. The van der Waals surface area contributed by atoms with Crippen LogP contribution in [0.25, 0.3) is 0 Å². The van der Waals surface area contributed by atoms with E-state index in [-0.39, 0.29) is 6.10 Å². The number of hydrogen-bond donors (Lipinski definition) is 0. The van der Waals surface area contributed by atoms with Crippen molar-refractivity contribution in [3.63, 3.8) is 0 Å². The Labute approximate surface area is 59.8 Å². The highest BCUT2D eigenvalue weighted by molar-refractivity contribution is 5.11. The van der Waals surface area contributed by atoms with Crippen molar-refractivity contribution in [3.8, 4) is 0 Å². The zero-order valence-corrected chi connectivity index (χ0v) is 5.96. The molecule has 0 aliphatic carbocycles. The molecule has 1 aliphatic heterocycles. The average molecular weight is 138 g/mol. The van der Waals surface area contributed by atoms with Crippen LogP contribution in [0.3, 0.4) is 0 Å². The first-order valence-electron chi connectivity index (χ1n) is 3.60. The molecule has 54 valence electrons. The second kappa shape index (κ2) is 2.13. The third-order valence-corrected chi connectivity index (χ3v) is 1.68. The quantitative estimate of drug-likeness (QED) is 0.583. The molecule has 0 N–H and O–H groups in total. The van der Waals surface area contributed by atoms with Gasteiger partial charge in [-0.25, -0.2) is 0 Å². The smallest absolute Gasteiger partial charge is 0.138 e. The molecule has 2 heterocycles. The van der Waals surface area contributed by atoms with Crippen molar-refractivity contribution in [2.24, 2.45) is 0 Å². The Kier molecular flexibility index (Phi) is 1.27. The maximum atomic E-state index is 5.43. The van der Waals surface area contributed by atoms with Gasteiger partial charge in [-0.1, -0.05) is 6.92 Å². The molecular formula is C8H10O2. The Morgan fingerprint density at radius 2 is 2.40 bits per heavy atom. The van der Waals surface area contributed by atoms with E-state index in [0.717, 1.165) is 24.5 Å². The van der Waals surface area contributed by atoms with Crippen molar-refractivity contribution in [1.29, 1.82) is 0 Å². The van der Waals surface area contributed by atoms with Gasteiger partial charge < -0.3 is 9.15 Å². The van der Waals surface area contributed by atoms with Crippen LogP contribution >= 0.6 is 0 Å². The van der Waals surface area contributed by atoms with Crippen LogP contribution in [-0.4, -0.2) is 6.61 Å². The molecule has 2 rings (SSSR count). The van der Waals surface area contributed by atoms with Gasteiger partial charge in [0.05, 0.1) is 6.61 Å². The Hall–Kier alpha value is -0.760. The summed E-state index contributed by atoms with van der Waals surface area (Å²) in [7, 11) is 0. The minimum absolute atomic E-state index is 0.264. The fourth-order valence-corrected chi connectivity index (χ4v) is 0.970. The standard InChI is InChI=1S/C8H10O2/c1-2-6-3-4-7(10-6)8-5-9-8/h3-4,8H,2,5H2,1H3. The van der Waals surface area contributed by atoms with Crippen LogP contribution in [0, 0.1) is 0 Å². The van der Waals surface area contributed by atoms with Gasteiger partial charge in [-0.3, -0.25) is 0 Å². The van der Waals surface area contributed by atoms with E-state index >= 15 is 0 Å². The molecule has 1 aliphatic rings. The molecule has 0 saturated carbocycles. The van der Waals surface area contributed by atoms with E-state index in [1.54, 1.807) is 0 Å².